The standard InChI is InChI=1S/C10H19N3O4/c1-3-5(2)8(12)9(15)13-6(10(16)17)4-7(11)14/h5-6,8H,3-4,12H2,1-2H3,(H2,11,14)(H,13,15)(H,16,17)/t5-,6+,8-/m1/s1. The fourth-order valence-corrected chi connectivity index (χ4v) is 1.18. The number of hydrogen-bond acceptors (Lipinski definition) is 4. The largest absolute Gasteiger partial charge is 0.480 e. The van der Waals surface area contributed by atoms with E-state index in [2.05, 4.69) is 5.32 Å². The van der Waals surface area contributed by atoms with Gasteiger partial charge >= 0.3 is 5.97 Å². The van der Waals surface area contributed by atoms with Gasteiger partial charge in [0.15, 0.2) is 0 Å². The quantitative estimate of drug-likeness (QED) is 0.447. The molecule has 0 aliphatic rings. The molecule has 0 aromatic rings. The van der Waals surface area contributed by atoms with Crippen molar-refractivity contribution in [2.24, 2.45) is 17.4 Å². The zero-order valence-electron chi connectivity index (χ0n) is 9.97. The number of amides is 2. The maximum absolute atomic E-state index is 11.6. The second-order valence-corrected chi connectivity index (χ2v) is 3.98. The molecule has 0 rings (SSSR count). The molecule has 0 heterocycles. The van der Waals surface area contributed by atoms with Crippen molar-refractivity contribution in [3.8, 4) is 0 Å². The Morgan fingerprint density at radius 1 is 1.35 bits per heavy atom. The summed E-state index contributed by atoms with van der Waals surface area (Å²) >= 11 is 0. The Balaban J connectivity index is 4.50. The highest BCUT2D eigenvalue weighted by molar-refractivity contribution is 5.90. The van der Waals surface area contributed by atoms with Crippen LogP contribution in [-0.4, -0.2) is 35.0 Å². The second kappa shape index (κ2) is 6.85. The van der Waals surface area contributed by atoms with E-state index >= 15 is 0 Å². The molecule has 0 bridgehead atoms. The predicted molar refractivity (Wildman–Crippen MR) is 60.8 cm³/mol. The summed E-state index contributed by atoms with van der Waals surface area (Å²) in [5.74, 6) is -2.77. The molecule has 0 radical (unpaired) electrons. The smallest absolute Gasteiger partial charge is 0.326 e. The first-order valence-electron chi connectivity index (χ1n) is 5.36. The van der Waals surface area contributed by atoms with E-state index in [0.717, 1.165) is 0 Å². The number of nitrogens with two attached hydrogens (primary N) is 2. The summed E-state index contributed by atoms with van der Waals surface area (Å²) in [5.41, 5.74) is 10.5. The number of hydrogen-bond donors (Lipinski definition) is 4. The lowest BCUT2D eigenvalue weighted by Gasteiger charge is -2.20. The van der Waals surface area contributed by atoms with Crippen LogP contribution in [0.15, 0.2) is 0 Å². The Hall–Kier alpha value is -1.63. The number of rotatable bonds is 7. The topological polar surface area (TPSA) is 136 Å². The minimum absolute atomic E-state index is 0.0713. The summed E-state index contributed by atoms with van der Waals surface area (Å²) in [6.07, 6.45) is 0.246. The van der Waals surface area contributed by atoms with Crippen molar-refractivity contribution in [2.45, 2.75) is 38.8 Å². The molecule has 0 spiro atoms. The van der Waals surface area contributed by atoms with Crippen LogP contribution in [0.3, 0.4) is 0 Å². The highest BCUT2D eigenvalue weighted by Gasteiger charge is 2.26. The first-order valence-corrected chi connectivity index (χ1v) is 5.36. The molecule has 0 fully saturated rings. The summed E-state index contributed by atoms with van der Waals surface area (Å²) in [4.78, 5) is 33.0. The highest BCUT2D eigenvalue weighted by Crippen LogP contribution is 2.05. The monoisotopic (exact) mass is 245 g/mol. The average molecular weight is 245 g/mol. The highest BCUT2D eigenvalue weighted by atomic mass is 16.4. The van der Waals surface area contributed by atoms with Gasteiger partial charge in [-0.25, -0.2) is 4.79 Å². The van der Waals surface area contributed by atoms with Crippen molar-refractivity contribution in [3.63, 3.8) is 0 Å². The Kier molecular flexibility index (Phi) is 6.19. The van der Waals surface area contributed by atoms with Crippen LogP contribution in [0, 0.1) is 5.92 Å². The number of carbonyl (C=O) groups is 3. The first-order chi connectivity index (χ1) is 7.79. The van der Waals surface area contributed by atoms with E-state index in [-0.39, 0.29) is 5.92 Å². The fourth-order valence-electron chi connectivity index (χ4n) is 1.18. The molecule has 7 heteroatoms. The molecule has 0 saturated carbocycles. The van der Waals surface area contributed by atoms with Gasteiger partial charge in [0.05, 0.1) is 12.5 Å². The minimum Gasteiger partial charge on any atom is -0.480 e. The van der Waals surface area contributed by atoms with Crippen LogP contribution in [-0.2, 0) is 14.4 Å². The molecule has 2 amide bonds. The third kappa shape index (κ3) is 5.30. The summed E-state index contributed by atoms with van der Waals surface area (Å²) in [7, 11) is 0. The van der Waals surface area contributed by atoms with Crippen molar-refractivity contribution in [1.29, 1.82) is 0 Å². The number of carboxylic acids is 1. The van der Waals surface area contributed by atoms with Gasteiger partial charge in [-0.3, -0.25) is 9.59 Å². The van der Waals surface area contributed by atoms with Gasteiger partial charge in [-0.05, 0) is 5.92 Å². The van der Waals surface area contributed by atoms with Gasteiger partial charge in [0, 0.05) is 0 Å². The van der Waals surface area contributed by atoms with Crippen molar-refractivity contribution in [2.75, 3.05) is 0 Å². The summed E-state index contributed by atoms with van der Waals surface area (Å²) < 4.78 is 0. The Morgan fingerprint density at radius 3 is 2.24 bits per heavy atom. The van der Waals surface area contributed by atoms with E-state index in [4.69, 9.17) is 16.6 Å². The summed E-state index contributed by atoms with van der Waals surface area (Å²) in [5, 5.41) is 11.0. The molecule has 0 aliphatic heterocycles. The molecule has 0 saturated heterocycles. The molecule has 17 heavy (non-hydrogen) atoms. The zero-order valence-corrected chi connectivity index (χ0v) is 9.97. The lowest BCUT2D eigenvalue weighted by molar-refractivity contribution is -0.143. The van der Waals surface area contributed by atoms with E-state index in [9.17, 15) is 14.4 Å². The first kappa shape index (κ1) is 15.4. The van der Waals surface area contributed by atoms with E-state index in [0.29, 0.717) is 6.42 Å². The van der Waals surface area contributed by atoms with Crippen molar-refractivity contribution in [3.05, 3.63) is 0 Å². The molecule has 0 aliphatic carbocycles. The molecule has 0 aromatic heterocycles. The molecule has 7 nitrogen and oxygen atoms in total. The van der Waals surface area contributed by atoms with E-state index in [1.807, 2.05) is 6.92 Å². The van der Waals surface area contributed by atoms with Crippen LogP contribution < -0.4 is 16.8 Å². The SMILES string of the molecule is CC[C@@H](C)[C@@H](N)C(=O)N[C@@H](CC(N)=O)C(=O)O. The van der Waals surface area contributed by atoms with Crippen LogP contribution in [0.1, 0.15) is 26.7 Å². The number of primary amides is 1. The van der Waals surface area contributed by atoms with Crippen LogP contribution in [0.25, 0.3) is 0 Å². The van der Waals surface area contributed by atoms with Gasteiger partial charge in [-0.2, -0.15) is 0 Å². The van der Waals surface area contributed by atoms with E-state index in [1.165, 1.54) is 0 Å². The van der Waals surface area contributed by atoms with Crippen molar-refractivity contribution in [1.82, 2.24) is 5.32 Å². The number of carbonyl (C=O) groups excluding carboxylic acids is 2. The van der Waals surface area contributed by atoms with E-state index < -0.39 is 36.3 Å². The molecule has 6 N–H and O–H groups in total. The fraction of sp³-hybridized carbons (Fsp3) is 0.700. The van der Waals surface area contributed by atoms with Gasteiger partial charge in [0.25, 0.3) is 0 Å². The molecule has 3 atom stereocenters. The second-order valence-electron chi connectivity index (χ2n) is 3.98. The number of nitrogens with one attached hydrogen (secondary N) is 1. The van der Waals surface area contributed by atoms with Gasteiger partial charge < -0.3 is 21.9 Å². The molecular formula is C10H19N3O4. The van der Waals surface area contributed by atoms with Gasteiger partial charge in [-0.1, -0.05) is 20.3 Å². The van der Waals surface area contributed by atoms with Crippen LogP contribution in [0.5, 0.6) is 0 Å². The number of aliphatic carboxylic acids is 1. The molecule has 0 unspecified atom stereocenters. The van der Waals surface area contributed by atoms with Crippen molar-refractivity contribution < 1.29 is 19.5 Å². The van der Waals surface area contributed by atoms with Crippen molar-refractivity contribution >= 4 is 17.8 Å². The Bertz CT molecular complexity index is 306. The summed E-state index contributed by atoms with van der Waals surface area (Å²) in [6, 6.07) is -2.12. The Labute approximate surface area is 99.5 Å². The lowest BCUT2D eigenvalue weighted by atomic mass is 9.99. The van der Waals surface area contributed by atoms with Gasteiger partial charge in [0.2, 0.25) is 11.8 Å². The van der Waals surface area contributed by atoms with Crippen LogP contribution >= 0.6 is 0 Å². The molecule has 0 aromatic carbocycles. The lowest BCUT2D eigenvalue weighted by Crippen LogP contribution is -2.51. The van der Waals surface area contributed by atoms with Gasteiger partial charge in [0.1, 0.15) is 6.04 Å². The molecule has 98 valence electrons. The maximum Gasteiger partial charge on any atom is 0.326 e. The van der Waals surface area contributed by atoms with Crippen LogP contribution in [0.2, 0.25) is 0 Å². The zero-order chi connectivity index (χ0) is 13.6. The predicted octanol–water partition coefficient (Wildman–Crippen LogP) is -1.20. The summed E-state index contributed by atoms with van der Waals surface area (Å²) in [6.45, 7) is 3.66. The number of carboxylic acid groups (broad SMARTS) is 1. The Morgan fingerprint density at radius 2 is 1.88 bits per heavy atom. The third-order valence-electron chi connectivity index (χ3n) is 2.58. The normalized spacial score (nSPS) is 15.7. The van der Waals surface area contributed by atoms with Crippen LogP contribution in [0.4, 0.5) is 0 Å². The average Bonchev–Trinajstić information content (AvgIpc) is 2.25. The minimum atomic E-state index is -1.32. The van der Waals surface area contributed by atoms with Gasteiger partial charge in [-0.15, -0.1) is 0 Å². The van der Waals surface area contributed by atoms with E-state index in [1.54, 1.807) is 6.92 Å². The maximum atomic E-state index is 11.6. The molecular weight excluding hydrogens is 226 g/mol. The third-order valence-corrected chi connectivity index (χ3v) is 2.58.